The standard InChI is InChI=1S/C21H30N2O4.C6H5F/c1-6-15-8-11-23(12-16(15)7-2)17(24)21-10-9-20(13-21,14-26-21)22-18(25)27-19(3,4)5;7-6-4-2-1-3-5-6/h6-7H,1-2,8-14H2,3-5H3,(H,22,25);1-5H. The number of alkyl carbamates (subject to hydrolysis) is 1. The van der Waals surface area contributed by atoms with Gasteiger partial charge in [-0.3, -0.25) is 4.79 Å². The highest BCUT2D eigenvalue weighted by atomic mass is 19.1. The number of nitrogens with zero attached hydrogens (tertiary/aromatic N) is 1. The van der Waals surface area contributed by atoms with Crippen molar-refractivity contribution >= 4 is 12.0 Å². The van der Waals surface area contributed by atoms with Gasteiger partial charge in [-0.1, -0.05) is 43.5 Å². The molecule has 2 heterocycles. The first-order valence-corrected chi connectivity index (χ1v) is 11.6. The highest BCUT2D eigenvalue weighted by Gasteiger charge is 2.61. The molecular weight excluding hydrogens is 435 g/mol. The summed E-state index contributed by atoms with van der Waals surface area (Å²) >= 11 is 0. The second-order valence-electron chi connectivity index (χ2n) is 10.1. The summed E-state index contributed by atoms with van der Waals surface area (Å²) in [5.74, 6) is -0.169. The third-order valence-corrected chi connectivity index (χ3v) is 6.35. The smallest absolute Gasteiger partial charge is 0.408 e. The van der Waals surface area contributed by atoms with Crippen LogP contribution in [0, 0.1) is 5.82 Å². The van der Waals surface area contributed by atoms with Gasteiger partial charge < -0.3 is 19.7 Å². The summed E-state index contributed by atoms with van der Waals surface area (Å²) in [6.07, 6.45) is 5.78. The molecule has 2 amide bonds. The minimum absolute atomic E-state index is 0.00956. The second kappa shape index (κ2) is 10.1. The molecule has 184 valence electrons. The van der Waals surface area contributed by atoms with E-state index in [1.807, 2.05) is 31.7 Å². The lowest BCUT2D eigenvalue weighted by atomic mass is 9.95. The van der Waals surface area contributed by atoms with Crippen LogP contribution in [0.5, 0.6) is 0 Å². The lowest BCUT2D eigenvalue weighted by Crippen LogP contribution is -2.50. The van der Waals surface area contributed by atoms with Gasteiger partial charge in [0.2, 0.25) is 0 Å². The maximum atomic E-state index is 13.3. The number of ether oxygens (including phenoxy) is 2. The fraction of sp³-hybridized carbons (Fsp3) is 0.481. The van der Waals surface area contributed by atoms with E-state index in [4.69, 9.17) is 9.47 Å². The van der Waals surface area contributed by atoms with Crippen molar-refractivity contribution in [2.75, 3.05) is 19.7 Å². The van der Waals surface area contributed by atoms with E-state index in [0.29, 0.717) is 39.0 Å². The van der Waals surface area contributed by atoms with E-state index in [0.717, 1.165) is 17.6 Å². The summed E-state index contributed by atoms with van der Waals surface area (Å²) in [6.45, 7) is 14.7. The number of fused-ring (bicyclic) bond motifs is 2. The molecule has 34 heavy (non-hydrogen) atoms. The van der Waals surface area contributed by atoms with E-state index in [-0.39, 0.29) is 11.7 Å². The Bertz CT molecular complexity index is 957. The number of allylic oxidation sites excluding steroid dienone is 1. The highest BCUT2D eigenvalue weighted by Crippen LogP contribution is 2.48. The van der Waals surface area contributed by atoms with E-state index in [9.17, 15) is 14.0 Å². The fourth-order valence-corrected chi connectivity index (χ4v) is 4.70. The summed E-state index contributed by atoms with van der Waals surface area (Å²) in [4.78, 5) is 27.3. The molecule has 0 radical (unpaired) electrons. The Morgan fingerprint density at radius 2 is 1.82 bits per heavy atom. The Labute approximate surface area is 201 Å². The zero-order valence-electron chi connectivity index (χ0n) is 20.4. The van der Waals surface area contributed by atoms with Crippen LogP contribution in [-0.4, -0.2) is 53.3 Å². The number of rotatable bonds is 4. The molecule has 2 atom stereocenters. The number of benzene rings is 1. The van der Waals surface area contributed by atoms with Crippen molar-refractivity contribution in [1.82, 2.24) is 10.2 Å². The summed E-state index contributed by atoms with van der Waals surface area (Å²) in [7, 11) is 0. The first-order valence-electron chi connectivity index (χ1n) is 11.6. The van der Waals surface area contributed by atoms with E-state index < -0.39 is 22.8 Å². The summed E-state index contributed by atoms with van der Waals surface area (Å²) in [6, 6.07) is 7.94. The van der Waals surface area contributed by atoms with Gasteiger partial charge in [0.15, 0.2) is 0 Å². The molecule has 1 aromatic rings. The van der Waals surface area contributed by atoms with Gasteiger partial charge >= 0.3 is 6.09 Å². The minimum Gasteiger partial charge on any atom is -0.444 e. The molecule has 4 rings (SSSR count). The molecule has 0 aromatic heterocycles. The summed E-state index contributed by atoms with van der Waals surface area (Å²) in [5.41, 5.74) is 0.265. The number of hydrogen-bond donors (Lipinski definition) is 1. The second-order valence-corrected chi connectivity index (χ2v) is 10.1. The van der Waals surface area contributed by atoms with Crippen LogP contribution in [0.2, 0.25) is 0 Å². The summed E-state index contributed by atoms with van der Waals surface area (Å²) in [5, 5.41) is 2.96. The van der Waals surface area contributed by atoms with Gasteiger partial charge in [-0.25, -0.2) is 9.18 Å². The average Bonchev–Trinajstić information content (AvgIpc) is 3.34. The van der Waals surface area contributed by atoms with Crippen LogP contribution in [0.1, 0.15) is 46.5 Å². The number of amides is 2. The predicted molar refractivity (Wildman–Crippen MR) is 130 cm³/mol. The first-order chi connectivity index (χ1) is 16.0. The number of carbonyl (C=O) groups excluding carboxylic acids is 2. The van der Waals surface area contributed by atoms with Crippen LogP contribution in [0.15, 0.2) is 66.8 Å². The Balaban J connectivity index is 0.000000396. The lowest BCUT2D eigenvalue weighted by Gasteiger charge is -2.35. The van der Waals surface area contributed by atoms with Crippen molar-refractivity contribution in [2.24, 2.45) is 0 Å². The summed E-state index contributed by atoms with van der Waals surface area (Å²) < 4.78 is 23.3. The molecule has 1 saturated carbocycles. The van der Waals surface area contributed by atoms with E-state index in [2.05, 4.69) is 18.5 Å². The quantitative estimate of drug-likeness (QED) is 0.678. The maximum absolute atomic E-state index is 13.3. The number of nitrogens with one attached hydrogen (secondary N) is 1. The van der Waals surface area contributed by atoms with E-state index in [1.54, 1.807) is 24.3 Å². The normalized spacial score (nSPS) is 25.8. The van der Waals surface area contributed by atoms with Crippen LogP contribution >= 0.6 is 0 Å². The van der Waals surface area contributed by atoms with E-state index in [1.165, 1.54) is 12.1 Å². The molecular formula is C27H35FN2O4. The van der Waals surface area contributed by atoms with Crippen molar-refractivity contribution < 1.29 is 23.5 Å². The largest absolute Gasteiger partial charge is 0.444 e. The van der Waals surface area contributed by atoms with Crippen molar-refractivity contribution in [3.05, 3.63) is 72.6 Å². The van der Waals surface area contributed by atoms with Crippen LogP contribution in [0.3, 0.4) is 0 Å². The van der Waals surface area contributed by atoms with Gasteiger partial charge in [0, 0.05) is 19.5 Å². The van der Waals surface area contributed by atoms with Crippen LogP contribution in [0.25, 0.3) is 0 Å². The molecule has 2 bridgehead atoms. The molecule has 0 spiro atoms. The Morgan fingerprint density at radius 1 is 1.15 bits per heavy atom. The van der Waals surface area contributed by atoms with Crippen molar-refractivity contribution in [3.63, 3.8) is 0 Å². The minimum atomic E-state index is -0.840. The Morgan fingerprint density at radius 3 is 2.32 bits per heavy atom. The first kappa shape index (κ1) is 25.7. The van der Waals surface area contributed by atoms with Crippen LogP contribution < -0.4 is 5.32 Å². The number of hydrogen-bond acceptors (Lipinski definition) is 4. The van der Waals surface area contributed by atoms with Gasteiger partial charge in [0.05, 0.1) is 12.1 Å². The SMILES string of the molecule is C=CC1=C(C=C)CN(C(=O)C23CCC(NC(=O)OC(C)(C)C)(CO2)C3)CC1.Fc1ccccc1. The van der Waals surface area contributed by atoms with Gasteiger partial charge in [0.25, 0.3) is 5.91 Å². The zero-order chi connectivity index (χ0) is 25.0. The Kier molecular flexibility index (Phi) is 7.66. The molecule has 1 saturated heterocycles. The van der Waals surface area contributed by atoms with Crippen molar-refractivity contribution in [2.45, 2.75) is 63.2 Å². The molecule has 7 heteroatoms. The number of carbonyl (C=O) groups is 2. The van der Waals surface area contributed by atoms with Crippen molar-refractivity contribution in [3.8, 4) is 0 Å². The van der Waals surface area contributed by atoms with Crippen LogP contribution in [-0.2, 0) is 14.3 Å². The molecule has 2 fully saturated rings. The zero-order valence-corrected chi connectivity index (χ0v) is 20.4. The molecule has 2 unspecified atom stereocenters. The molecule has 1 aliphatic carbocycles. The fourth-order valence-electron chi connectivity index (χ4n) is 4.70. The molecule has 2 aliphatic heterocycles. The monoisotopic (exact) mass is 470 g/mol. The molecule has 3 aliphatic rings. The van der Waals surface area contributed by atoms with Gasteiger partial charge in [0.1, 0.15) is 17.0 Å². The molecule has 6 nitrogen and oxygen atoms in total. The molecule has 1 aromatic carbocycles. The van der Waals surface area contributed by atoms with Gasteiger partial charge in [-0.15, -0.1) is 0 Å². The molecule has 1 N–H and O–H groups in total. The third-order valence-electron chi connectivity index (χ3n) is 6.35. The van der Waals surface area contributed by atoms with Gasteiger partial charge in [-0.05, 0) is 63.3 Å². The van der Waals surface area contributed by atoms with Crippen LogP contribution in [0.4, 0.5) is 9.18 Å². The third kappa shape index (κ3) is 5.95. The van der Waals surface area contributed by atoms with Gasteiger partial charge in [-0.2, -0.15) is 0 Å². The average molecular weight is 471 g/mol. The predicted octanol–water partition coefficient (Wildman–Crippen LogP) is 4.93. The lowest BCUT2D eigenvalue weighted by molar-refractivity contribution is -0.154. The van der Waals surface area contributed by atoms with E-state index >= 15 is 0 Å². The number of halogens is 1. The van der Waals surface area contributed by atoms with Crippen molar-refractivity contribution in [1.29, 1.82) is 0 Å². The Hall–Kier alpha value is -2.93. The highest BCUT2D eigenvalue weighted by molar-refractivity contribution is 5.87. The topological polar surface area (TPSA) is 67.9 Å². The maximum Gasteiger partial charge on any atom is 0.408 e.